The molecule has 0 radical (unpaired) electrons. The molecule has 1 fully saturated rings. The number of nitrogens with zero attached hydrogens (tertiary/aromatic N) is 3. The Morgan fingerprint density at radius 1 is 1.24 bits per heavy atom. The highest BCUT2D eigenvalue weighted by Crippen LogP contribution is 2.24. The summed E-state index contributed by atoms with van der Waals surface area (Å²) in [5.74, 6) is 0. The maximum absolute atomic E-state index is 9.60. The summed E-state index contributed by atoms with van der Waals surface area (Å²) in [5, 5.41) is 7.86. The Balaban J connectivity index is 0.000000277. The maximum Gasteiger partial charge on any atom is 0.293 e. The molecule has 0 bridgehead atoms. The lowest BCUT2D eigenvalue weighted by Crippen LogP contribution is -2.29. The van der Waals surface area contributed by atoms with Crippen molar-refractivity contribution in [2.75, 3.05) is 13.1 Å². The minimum atomic E-state index is -0.318. The van der Waals surface area contributed by atoms with Gasteiger partial charge in [-0.05, 0) is 68.7 Å². The van der Waals surface area contributed by atoms with E-state index in [0.717, 1.165) is 41.5 Å². The van der Waals surface area contributed by atoms with Crippen LogP contribution in [0.15, 0.2) is 35.3 Å². The number of hydrogen-bond donors (Lipinski definition) is 1. The van der Waals surface area contributed by atoms with Gasteiger partial charge in [-0.2, -0.15) is 5.10 Å². The van der Waals surface area contributed by atoms with Crippen LogP contribution in [0, 0.1) is 0 Å². The van der Waals surface area contributed by atoms with E-state index in [1.54, 1.807) is 6.20 Å². The van der Waals surface area contributed by atoms with Crippen LogP contribution in [0.4, 0.5) is 0 Å². The lowest BCUT2D eigenvalue weighted by molar-refractivity contribution is -0.138. The molecule has 0 spiro atoms. The van der Waals surface area contributed by atoms with E-state index in [1.165, 1.54) is 0 Å². The summed E-state index contributed by atoms with van der Waals surface area (Å²) < 4.78 is 7.64. The third-order valence-electron chi connectivity index (χ3n) is 3.72. The molecule has 0 amide bonds. The molecule has 1 saturated heterocycles. The summed E-state index contributed by atoms with van der Waals surface area (Å²) in [6.45, 7) is 8.08. The van der Waals surface area contributed by atoms with Gasteiger partial charge in [0.15, 0.2) is 0 Å². The fraction of sp³-hybridized carbons (Fsp3) is 0.500. The third kappa shape index (κ3) is 6.59. The number of nitrogens with one attached hydrogen (secondary N) is 1. The number of pyridine rings is 1. The van der Waals surface area contributed by atoms with Crippen LogP contribution in [0.2, 0.25) is 0 Å². The summed E-state index contributed by atoms with van der Waals surface area (Å²) in [6.07, 6.45) is 10.0. The van der Waals surface area contributed by atoms with Crippen molar-refractivity contribution in [3.8, 4) is 11.1 Å². The van der Waals surface area contributed by atoms with Crippen LogP contribution in [-0.4, -0.2) is 39.9 Å². The molecule has 0 atom stereocenters. The van der Waals surface area contributed by atoms with Gasteiger partial charge in [0.25, 0.3) is 6.47 Å². The molecule has 25 heavy (non-hydrogen) atoms. The van der Waals surface area contributed by atoms with Crippen LogP contribution >= 0.6 is 15.9 Å². The van der Waals surface area contributed by atoms with Gasteiger partial charge in [-0.3, -0.25) is 14.5 Å². The Hall–Kier alpha value is -1.73. The van der Waals surface area contributed by atoms with Crippen LogP contribution in [0.5, 0.6) is 0 Å². The highest BCUT2D eigenvalue weighted by molar-refractivity contribution is 9.10. The number of aromatic nitrogens is 3. The van der Waals surface area contributed by atoms with Crippen molar-refractivity contribution in [2.45, 2.75) is 45.3 Å². The van der Waals surface area contributed by atoms with Crippen molar-refractivity contribution in [1.82, 2.24) is 20.1 Å². The Labute approximate surface area is 157 Å². The van der Waals surface area contributed by atoms with Crippen molar-refractivity contribution in [1.29, 1.82) is 0 Å². The van der Waals surface area contributed by atoms with Crippen LogP contribution < -0.4 is 5.32 Å². The Kier molecular flexibility index (Phi) is 7.13. The third-order valence-corrected chi connectivity index (χ3v) is 4.16. The Morgan fingerprint density at radius 2 is 1.96 bits per heavy atom. The van der Waals surface area contributed by atoms with Gasteiger partial charge in [0.2, 0.25) is 0 Å². The monoisotopic (exact) mass is 408 g/mol. The summed E-state index contributed by atoms with van der Waals surface area (Å²) in [4.78, 5) is 13.8. The average molecular weight is 409 g/mol. The first-order valence-corrected chi connectivity index (χ1v) is 9.15. The molecule has 7 heteroatoms. The molecule has 3 rings (SSSR count). The molecule has 2 aromatic heterocycles. The van der Waals surface area contributed by atoms with E-state index in [2.05, 4.69) is 53.0 Å². The average Bonchev–Trinajstić information content (AvgIpc) is 3.05. The van der Waals surface area contributed by atoms with Crippen LogP contribution in [0.1, 0.15) is 39.7 Å². The number of carbonyl (C=O) groups excluding carboxylic acids is 1. The molecule has 136 valence electrons. The van der Waals surface area contributed by atoms with Crippen LogP contribution in [0.25, 0.3) is 11.1 Å². The number of carbonyl (C=O) groups is 1. The predicted octanol–water partition coefficient (Wildman–Crippen LogP) is 3.59. The van der Waals surface area contributed by atoms with Crippen molar-refractivity contribution in [3.05, 3.63) is 35.3 Å². The quantitative estimate of drug-likeness (QED) is 0.785. The number of ether oxygens (including phenoxy) is 1. The summed E-state index contributed by atoms with van der Waals surface area (Å²) in [6, 6.07) is 2.59. The molecule has 1 N–H and O–H groups in total. The van der Waals surface area contributed by atoms with E-state index in [4.69, 9.17) is 0 Å². The fourth-order valence-corrected chi connectivity index (χ4v) is 2.84. The van der Waals surface area contributed by atoms with Gasteiger partial charge in [-0.25, -0.2) is 0 Å². The van der Waals surface area contributed by atoms with Gasteiger partial charge in [0.1, 0.15) is 5.60 Å². The minimum Gasteiger partial charge on any atom is -0.462 e. The Bertz CT molecular complexity index is 676. The van der Waals surface area contributed by atoms with Crippen LogP contribution in [-0.2, 0) is 9.53 Å². The first-order valence-electron chi connectivity index (χ1n) is 8.36. The van der Waals surface area contributed by atoms with E-state index in [0.29, 0.717) is 12.5 Å². The van der Waals surface area contributed by atoms with Gasteiger partial charge in [0.05, 0.1) is 12.2 Å². The van der Waals surface area contributed by atoms with E-state index >= 15 is 0 Å². The number of piperidine rings is 1. The van der Waals surface area contributed by atoms with Gasteiger partial charge in [-0.1, -0.05) is 0 Å². The zero-order valence-corrected chi connectivity index (χ0v) is 16.5. The second-order valence-corrected chi connectivity index (χ2v) is 7.82. The lowest BCUT2D eigenvalue weighted by Gasteiger charge is -2.22. The minimum absolute atomic E-state index is 0.318. The summed E-state index contributed by atoms with van der Waals surface area (Å²) in [7, 11) is 0. The molecule has 0 aliphatic carbocycles. The molecule has 2 aromatic rings. The highest BCUT2D eigenvalue weighted by atomic mass is 79.9. The molecule has 0 aromatic carbocycles. The Morgan fingerprint density at radius 3 is 2.52 bits per heavy atom. The summed E-state index contributed by atoms with van der Waals surface area (Å²) in [5.41, 5.74) is 1.91. The van der Waals surface area contributed by atoms with Crippen molar-refractivity contribution in [3.63, 3.8) is 0 Å². The second-order valence-electron chi connectivity index (χ2n) is 6.91. The van der Waals surface area contributed by atoms with E-state index in [-0.39, 0.29) is 5.60 Å². The standard InChI is InChI=1S/C13H15BrN4.C5H10O2/c14-12-5-10(6-16-8-12)11-7-17-18(9-11)13-1-3-15-4-2-13;1-5(2,3)7-4-6/h5-9,13,15H,1-4H2;4H,1-3H3. The first-order chi connectivity index (χ1) is 11.9. The van der Waals surface area contributed by atoms with E-state index in [9.17, 15) is 4.79 Å². The molecule has 3 heterocycles. The fourth-order valence-electron chi connectivity index (χ4n) is 2.47. The van der Waals surface area contributed by atoms with E-state index in [1.807, 2.05) is 33.2 Å². The molecular weight excluding hydrogens is 384 g/mol. The first kappa shape index (κ1) is 19.6. The maximum atomic E-state index is 9.60. The number of rotatable bonds is 3. The van der Waals surface area contributed by atoms with Gasteiger partial charge in [-0.15, -0.1) is 0 Å². The smallest absolute Gasteiger partial charge is 0.293 e. The molecule has 0 saturated carbocycles. The molecule has 0 unspecified atom stereocenters. The van der Waals surface area contributed by atoms with Crippen LogP contribution in [0.3, 0.4) is 0 Å². The highest BCUT2D eigenvalue weighted by Gasteiger charge is 2.16. The number of halogens is 1. The topological polar surface area (TPSA) is 69.0 Å². The lowest BCUT2D eigenvalue weighted by atomic mass is 10.1. The summed E-state index contributed by atoms with van der Waals surface area (Å²) >= 11 is 3.44. The molecule has 6 nitrogen and oxygen atoms in total. The molecule has 1 aliphatic rings. The van der Waals surface area contributed by atoms with Crippen molar-refractivity contribution in [2.24, 2.45) is 0 Å². The largest absolute Gasteiger partial charge is 0.462 e. The van der Waals surface area contributed by atoms with Crippen molar-refractivity contribution >= 4 is 22.4 Å². The molecule has 1 aliphatic heterocycles. The molecular formula is C18H25BrN4O2. The SMILES string of the molecule is Brc1cncc(-c2cnn(C3CCNCC3)c2)c1.CC(C)(C)OC=O. The zero-order chi connectivity index (χ0) is 18.3. The van der Waals surface area contributed by atoms with Gasteiger partial charge >= 0.3 is 0 Å². The normalized spacial score (nSPS) is 15.2. The van der Waals surface area contributed by atoms with Gasteiger partial charge in [0, 0.05) is 34.2 Å². The number of hydrogen-bond acceptors (Lipinski definition) is 5. The zero-order valence-electron chi connectivity index (χ0n) is 14.9. The van der Waals surface area contributed by atoms with E-state index < -0.39 is 0 Å². The predicted molar refractivity (Wildman–Crippen MR) is 101 cm³/mol. The second kappa shape index (κ2) is 9.10. The van der Waals surface area contributed by atoms with Crippen molar-refractivity contribution < 1.29 is 9.53 Å². The van der Waals surface area contributed by atoms with Gasteiger partial charge < -0.3 is 10.1 Å².